The molecule has 2 fully saturated rings. The summed E-state index contributed by atoms with van der Waals surface area (Å²) in [6.45, 7) is -0.537. The highest BCUT2D eigenvalue weighted by Crippen LogP contribution is 2.48. The highest BCUT2D eigenvalue weighted by Gasteiger charge is 2.66. The van der Waals surface area contributed by atoms with E-state index in [0.717, 1.165) is 9.21 Å². The van der Waals surface area contributed by atoms with Crippen molar-refractivity contribution in [3.05, 3.63) is 81.5 Å². The van der Waals surface area contributed by atoms with Gasteiger partial charge in [0.2, 0.25) is 0 Å². The largest absolute Gasteiger partial charge is 0.464 e. The number of benzene rings is 2. The van der Waals surface area contributed by atoms with Crippen molar-refractivity contribution in [2.75, 3.05) is 32.1 Å². The number of urea groups is 1. The van der Waals surface area contributed by atoms with E-state index in [9.17, 15) is 28.1 Å². The highest BCUT2D eigenvalue weighted by molar-refractivity contribution is 7.89. The number of sulfonamides is 1. The molecular weight excluding hydrogens is 593 g/mol. The monoisotopic (exact) mass is 615 g/mol. The lowest BCUT2D eigenvalue weighted by Gasteiger charge is -2.33. The Bertz CT molecular complexity index is 1730. The average Bonchev–Trinajstić information content (AvgIpc) is 3.59. The lowest BCUT2D eigenvalue weighted by atomic mass is 9.80. The molecule has 2 atom stereocenters. The number of nitrogens with zero attached hydrogens (tertiary/aromatic N) is 5. The standard InChI is InChI=1S/C27H23Cl2N5O6S/c1-31-22(24(35)40-3)8-9-23(31)41(38,39)33-14-21(17-6-4-16(13-30)5-7-17)27(15-33)25(36)34(26(37)32(27)2)20-11-18(28)10-19(29)12-20/h4-12,21H,14-15H2,1-3H3/t21-,27+/m0/s1. The van der Waals surface area contributed by atoms with Crippen LogP contribution in [0.15, 0.2) is 59.6 Å². The molecule has 14 heteroatoms. The Kier molecular flexibility index (Phi) is 7.11. The number of esters is 1. The second-order valence-corrected chi connectivity index (χ2v) is 12.5. The first-order chi connectivity index (χ1) is 19.4. The highest BCUT2D eigenvalue weighted by atomic mass is 35.5. The number of halogens is 2. The van der Waals surface area contributed by atoms with E-state index in [4.69, 9.17) is 27.9 Å². The fraction of sp³-hybridized carbons (Fsp3) is 0.259. The van der Waals surface area contributed by atoms with Crippen molar-refractivity contribution in [1.29, 1.82) is 5.26 Å². The van der Waals surface area contributed by atoms with Gasteiger partial charge in [-0.15, -0.1) is 0 Å². The molecule has 0 saturated carbocycles. The summed E-state index contributed by atoms with van der Waals surface area (Å²) < 4.78 is 35.0. The molecule has 0 radical (unpaired) electrons. The van der Waals surface area contributed by atoms with Crippen molar-refractivity contribution in [2.45, 2.75) is 16.5 Å². The van der Waals surface area contributed by atoms with Crippen LogP contribution in [0.4, 0.5) is 10.5 Å². The third kappa shape index (κ3) is 4.36. The topological polar surface area (TPSA) is 133 Å². The number of hydrogen-bond donors (Lipinski definition) is 0. The number of amides is 3. The molecule has 3 heterocycles. The molecule has 0 unspecified atom stereocenters. The molecule has 1 spiro atoms. The summed E-state index contributed by atoms with van der Waals surface area (Å²) >= 11 is 12.3. The third-order valence-electron chi connectivity index (χ3n) is 7.65. The number of anilines is 1. The minimum absolute atomic E-state index is 0.0249. The molecule has 0 N–H and O–H groups in total. The van der Waals surface area contributed by atoms with E-state index in [1.54, 1.807) is 24.3 Å². The van der Waals surface area contributed by atoms with Crippen LogP contribution in [-0.4, -0.2) is 72.9 Å². The van der Waals surface area contributed by atoms with E-state index in [1.165, 1.54) is 61.0 Å². The predicted octanol–water partition coefficient (Wildman–Crippen LogP) is 3.62. The van der Waals surface area contributed by atoms with Crippen LogP contribution in [0.25, 0.3) is 0 Å². The average molecular weight is 616 g/mol. The van der Waals surface area contributed by atoms with Crippen molar-refractivity contribution in [2.24, 2.45) is 7.05 Å². The van der Waals surface area contributed by atoms with E-state index in [0.29, 0.717) is 11.1 Å². The van der Waals surface area contributed by atoms with Crippen molar-refractivity contribution in [3.8, 4) is 6.07 Å². The number of ether oxygens (including phenoxy) is 1. The van der Waals surface area contributed by atoms with Crippen LogP contribution in [0.1, 0.15) is 27.5 Å². The fourth-order valence-corrected chi connectivity index (χ4v) is 7.72. The van der Waals surface area contributed by atoms with Gasteiger partial charge in [0, 0.05) is 43.1 Å². The van der Waals surface area contributed by atoms with Gasteiger partial charge in [0.1, 0.15) is 11.2 Å². The van der Waals surface area contributed by atoms with Gasteiger partial charge in [0.25, 0.3) is 15.9 Å². The van der Waals surface area contributed by atoms with Gasteiger partial charge in [-0.25, -0.2) is 22.9 Å². The van der Waals surface area contributed by atoms with Crippen molar-refractivity contribution in [3.63, 3.8) is 0 Å². The van der Waals surface area contributed by atoms with Gasteiger partial charge in [0.05, 0.1) is 24.4 Å². The zero-order valence-corrected chi connectivity index (χ0v) is 24.4. The third-order valence-corrected chi connectivity index (χ3v) is 9.99. The minimum atomic E-state index is -4.28. The van der Waals surface area contributed by atoms with E-state index < -0.39 is 39.4 Å². The number of likely N-dealkylation sites (N-methyl/N-ethyl adjacent to an activating group) is 1. The molecule has 3 amide bonds. The Labute approximate surface area is 246 Å². The first-order valence-corrected chi connectivity index (χ1v) is 14.4. The normalized spacial score (nSPS) is 21.1. The summed E-state index contributed by atoms with van der Waals surface area (Å²) in [4.78, 5) is 42.3. The lowest BCUT2D eigenvalue weighted by molar-refractivity contribution is -0.124. The number of rotatable bonds is 5. The van der Waals surface area contributed by atoms with Crippen molar-refractivity contribution >= 4 is 56.8 Å². The number of nitriles is 1. The van der Waals surface area contributed by atoms with Crippen molar-refractivity contribution in [1.82, 2.24) is 13.8 Å². The van der Waals surface area contributed by atoms with Crippen LogP contribution in [-0.2, 0) is 26.6 Å². The van der Waals surface area contributed by atoms with Gasteiger partial charge in [-0.05, 0) is 48.0 Å². The molecule has 11 nitrogen and oxygen atoms in total. The molecule has 212 valence electrons. The number of carbonyl (C=O) groups excluding carboxylic acids is 3. The van der Waals surface area contributed by atoms with E-state index >= 15 is 0 Å². The number of hydrogen-bond acceptors (Lipinski definition) is 7. The van der Waals surface area contributed by atoms with Gasteiger partial charge in [-0.1, -0.05) is 35.3 Å². The number of methoxy groups -OCH3 is 1. The molecular formula is C27H23Cl2N5O6S. The Morgan fingerprint density at radius 2 is 1.68 bits per heavy atom. The zero-order chi connectivity index (χ0) is 29.9. The maximum Gasteiger partial charge on any atom is 0.354 e. The van der Waals surface area contributed by atoms with Crippen LogP contribution in [0.2, 0.25) is 10.0 Å². The minimum Gasteiger partial charge on any atom is -0.464 e. The molecule has 41 heavy (non-hydrogen) atoms. The molecule has 1 aromatic heterocycles. The van der Waals surface area contributed by atoms with Crippen LogP contribution >= 0.6 is 23.2 Å². The summed E-state index contributed by atoms with van der Waals surface area (Å²) in [5, 5.41) is 9.51. The van der Waals surface area contributed by atoms with Crippen LogP contribution in [0.5, 0.6) is 0 Å². The van der Waals surface area contributed by atoms with Gasteiger partial charge in [-0.2, -0.15) is 9.57 Å². The summed E-state index contributed by atoms with van der Waals surface area (Å²) in [5.41, 5.74) is -0.545. The summed E-state index contributed by atoms with van der Waals surface area (Å²) in [6, 6.07) is 14.7. The number of carbonyl (C=O) groups is 3. The second-order valence-electron chi connectivity index (χ2n) is 9.73. The number of imide groups is 1. The first-order valence-electron chi connectivity index (χ1n) is 12.2. The SMILES string of the molecule is COC(=O)c1ccc(S(=O)(=O)N2C[C@@H](c3ccc(C#N)cc3)[C@]3(C2)C(=O)N(c2cc(Cl)cc(Cl)c2)C(=O)N3C)n1C. The Hall–Kier alpha value is -3.89. The maximum absolute atomic E-state index is 14.3. The van der Waals surface area contributed by atoms with Gasteiger partial charge >= 0.3 is 12.0 Å². The first kappa shape index (κ1) is 28.6. The van der Waals surface area contributed by atoms with E-state index in [-0.39, 0.29) is 39.5 Å². The summed E-state index contributed by atoms with van der Waals surface area (Å²) in [6.07, 6.45) is 0. The lowest BCUT2D eigenvalue weighted by Crippen LogP contribution is -2.54. The fourth-order valence-electron chi connectivity index (χ4n) is 5.54. The molecule has 2 saturated heterocycles. The van der Waals surface area contributed by atoms with Gasteiger partial charge in [0.15, 0.2) is 5.03 Å². The van der Waals surface area contributed by atoms with E-state index in [2.05, 4.69) is 0 Å². The summed E-state index contributed by atoms with van der Waals surface area (Å²) in [7, 11) is -0.232. The van der Waals surface area contributed by atoms with E-state index in [1.807, 2.05) is 6.07 Å². The molecule has 0 aliphatic carbocycles. The smallest absolute Gasteiger partial charge is 0.354 e. The van der Waals surface area contributed by atoms with Gasteiger partial charge < -0.3 is 14.2 Å². The van der Waals surface area contributed by atoms with Crippen LogP contribution in [0.3, 0.4) is 0 Å². The molecule has 0 bridgehead atoms. The molecule has 3 aromatic rings. The Morgan fingerprint density at radius 1 is 1.05 bits per heavy atom. The molecule has 2 aromatic carbocycles. The zero-order valence-electron chi connectivity index (χ0n) is 22.0. The molecule has 2 aliphatic heterocycles. The summed E-state index contributed by atoms with van der Waals surface area (Å²) in [5.74, 6) is -2.18. The maximum atomic E-state index is 14.3. The Balaban J connectivity index is 1.64. The van der Waals surface area contributed by atoms with Crippen molar-refractivity contribution < 1.29 is 27.5 Å². The molecule has 2 aliphatic rings. The quantitative estimate of drug-likeness (QED) is 0.316. The Morgan fingerprint density at radius 3 is 2.27 bits per heavy atom. The van der Waals surface area contributed by atoms with Gasteiger partial charge in [-0.3, -0.25) is 4.79 Å². The number of aromatic nitrogens is 1. The second kappa shape index (κ2) is 10.2. The molecule has 5 rings (SSSR count). The van der Waals surface area contributed by atoms with Crippen LogP contribution in [0, 0.1) is 11.3 Å². The van der Waals surface area contributed by atoms with Crippen LogP contribution < -0.4 is 4.90 Å². The predicted molar refractivity (Wildman–Crippen MR) is 149 cm³/mol.